The van der Waals surface area contributed by atoms with Crippen LogP contribution in [0.5, 0.6) is 0 Å². The number of alkyl halides is 3. The quantitative estimate of drug-likeness (QED) is 0.886. The van der Waals surface area contributed by atoms with E-state index in [1.807, 2.05) is 0 Å². The highest BCUT2D eigenvalue weighted by atomic mass is 19.4. The summed E-state index contributed by atoms with van der Waals surface area (Å²) in [5, 5.41) is 0. The number of anilines is 1. The van der Waals surface area contributed by atoms with E-state index in [4.69, 9.17) is 5.73 Å². The molecule has 1 atom stereocenters. The Kier molecular flexibility index (Phi) is 3.75. The Hall–Kier alpha value is -1.30. The van der Waals surface area contributed by atoms with Crippen LogP contribution in [0.2, 0.25) is 0 Å². The molecule has 1 aliphatic heterocycles. The Morgan fingerprint density at radius 3 is 2.89 bits per heavy atom. The second-order valence-electron chi connectivity index (χ2n) is 4.70. The number of rotatable bonds is 2. The van der Waals surface area contributed by atoms with Crippen molar-refractivity contribution in [2.24, 2.45) is 0 Å². The lowest BCUT2D eigenvalue weighted by Crippen LogP contribution is -2.40. The van der Waals surface area contributed by atoms with Gasteiger partial charge in [-0.05, 0) is 31.5 Å². The van der Waals surface area contributed by atoms with Crippen LogP contribution >= 0.6 is 0 Å². The monoisotopic (exact) mass is 259 g/mol. The standard InChI is InChI=1S/C12H16F3N3/c13-12(14,15)8-18-5-1-2-9(7-18)11-6-10(16)3-4-17-11/h3-4,6,9H,1-2,5,7-8H2,(H2,16,17). The lowest BCUT2D eigenvalue weighted by atomic mass is 9.94. The zero-order valence-electron chi connectivity index (χ0n) is 9.95. The molecule has 2 heterocycles. The molecule has 0 aliphatic carbocycles. The maximum Gasteiger partial charge on any atom is 0.401 e. The molecule has 1 fully saturated rings. The number of halogens is 3. The van der Waals surface area contributed by atoms with E-state index in [9.17, 15) is 13.2 Å². The Labute approximate surface area is 104 Å². The molecule has 2 N–H and O–H groups in total. The van der Waals surface area contributed by atoms with Crippen molar-refractivity contribution in [1.29, 1.82) is 0 Å². The molecule has 1 aliphatic rings. The second kappa shape index (κ2) is 5.14. The maximum atomic E-state index is 12.4. The van der Waals surface area contributed by atoms with Gasteiger partial charge in [-0.3, -0.25) is 9.88 Å². The topological polar surface area (TPSA) is 42.1 Å². The number of nitrogen functional groups attached to an aromatic ring is 1. The summed E-state index contributed by atoms with van der Waals surface area (Å²) in [6, 6.07) is 3.43. The molecule has 0 saturated carbocycles. The molecule has 100 valence electrons. The van der Waals surface area contributed by atoms with Crippen LogP contribution in [0.25, 0.3) is 0 Å². The van der Waals surface area contributed by atoms with E-state index >= 15 is 0 Å². The SMILES string of the molecule is Nc1ccnc(C2CCCN(CC(F)(F)F)C2)c1. The van der Waals surface area contributed by atoms with Gasteiger partial charge in [0, 0.05) is 30.0 Å². The van der Waals surface area contributed by atoms with Gasteiger partial charge in [-0.15, -0.1) is 0 Å². The van der Waals surface area contributed by atoms with Gasteiger partial charge in [0.1, 0.15) is 0 Å². The minimum atomic E-state index is -4.13. The van der Waals surface area contributed by atoms with Gasteiger partial charge in [-0.25, -0.2) is 0 Å². The normalized spacial score (nSPS) is 22.1. The van der Waals surface area contributed by atoms with Crippen LogP contribution in [0.4, 0.5) is 18.9 Å². The molecule has 1 aromatic rings. The van der Waals surface area contributed by atoms with Crippen molar-refractivity contribution in [2.45, 2.75) is 24.9 Å². The summed E-state index contributed by atoms with van der Waals surface area (Å²) >= 11 is 0. The van der Waals surface area contributed by atoms with Crippen molar-refractivity contribution < 1.29 is 13.2 Å². The lowest BCUT2D eigenvalue weighted by Gasteiger charge is -2.32. The average Bonchev–Trinajstić information content (AvgIpc) is 2.27. The number of hydrogen-bond acceptors (Lipinski definition) is 3. The predicted octanol–water partition coefficient (Wildman–Crippen LogP) is 2.41. The van der Waals surface area contributed by atoms with Crippen molar-refractivity contribution >= 4 is 5.69 Å². The molecule has 0 amide bonds. The van der Waals surface area contributed by atoms with Crippen LogP contribution < -0.4 is 5.73 Å². The minimum absolute atomic E-state index is 0.0459. The van der Waals surface area contributed by atoms with Crippen molar-refractivity contribution in [2.75, 3.05) is 25.4 Å². The van der Waals surface area contributed by atoms with E-state index in [1.54, 1.807) is 18.3 Å². The van der Waals surface area contributed by atoms with Crippen LogP contribution in [0, 0.1) is 0 Å². The van der Waals surface area contributed by atoms with Crippen molar-refractivity contribution in [1.82, 2.24) is 9.88 Å². The average molecular weight is 259 g/mol. The number of nitrogens with two attached hydrogens (primary N) is 1. The first kappa shape index (κ1) is 13.1. The molecule has 0 spiro atoms. The maximum absolute atomic E-state index is 12.4. The molecular weight excluding hydrogens is 243 g/mol. The third kappa shape index (κ3) is 3.60. The molecule has 2 rings (SSSR count). The molecule has 0 radical (unpaired) electrons. The minimum Gasteiger partial charge on any atom is -0.399 e. The fourth-order valence-corrected chi connectivity index (χ4v) is 2.38. The van der Waals surface area contributed by atoms with Crippen molar-refractivity contribution in [3.05, 3.63) is 24.0 Å². The smallest absolute Gasteiger partial charge is 0.399 e. The third-order valence-corrected chi connectivity index (χ3v) is 3.13. The fourth-order valence-electron chi connectivity index (χ4n) is 2.38. The third-order valence-electron chi connectivity index (χ3n) is 3.13. The van der Waals surface area contributed by atoms with Crippen LogP contribution in [0.15, 0.2) is 18.3 Å². The molecule has 18 heavy (non-hydrogen) atoms. The zero-order valence-corrected chi connectivity index (χ0v) is 9.95. The number of piperidine rings is 1. The molecule has 6 heteroatoms. The van der Waals surface area contributed by atoms with Gasteiger partial charge in [0.2, 0.25) is 0 Å². The highest BCUT2D eigenvalue weighted by Gasteiger charge is 2.33. The number of aromatic nitrogens is 1. The van der Waals surface area contributed by atoms with Crippen molar-refractivity contribution in [3.8, 4) is 0 Å². The number of pyridine rings is 1. The van der Waals surface area contributed by atoms with Gasteiger partial charge in [-0.1, -0.05) is 0 Å². The lowest BCUT2D eigenvalue weighted by molar-refractivity contribution is -0.148. The molecule has 0 aromatic carbocycles. The Bertz CT molecular complexity index is 406. The van der Waals surface area contributed by atoms with Gasteiger partial charge in [0.05, 0.1) is 6.54 Å². The second-order valence-corrected chi connectivity index (χ2v) is 4.70. The first-order chi connectivity index (χ1) is 8.44. The van der Waals surface area contributed by atoms with E-state index in [2.05, 4.69) is 4.98 Å². The van der Waals surface area contributed by atoms with Gasteiger partial charge in [-0.2, -0.15) is 13.2 Å². The summed E-state index contributed by atoms with van der Waals surface area (Å²) in [6.07, 6.45) is -0.902. The summed E-state index contributed by atoms with van der Waals surface area (Å²) in [4.78, 5) is 5.65. The van der Waals surface area contributed by atoms with Gasteiger partial charge >= 0.3 is 6.18 Å². The van der Waals surface area contributed by atoms with E-state index in [1.165, 1.54) is 4.90 Å². The predicted molar refractivity (Wildman–Crippen MR) is 63.1 cm³/mol. The highest BCUT2D eigenvalue weighted by Crippen LogP contribution is 2.28. The fraction of sp³-hybridized carbons (Fsp3) is 0.583. The van der Waals surface area contributed by atoms with Gasteiger partial charge < -0.3 is 5.73 Å². The molecule has 3 nitrogen and oxygen atoms in total. The first-order valence-electron chi connectivity index (χ1n) is 5.94. The summed E-state index contributed by atoms with van der Waals surface area (Å²) in [6.45, 7) is 0.0557. The van der Waals surface area contributed by atoms with Crippen LogP contribution in [-0.2, 0) is 0 Å². The van der Waals surface area contributed by atoms with E-state index in [-0.39, 0.29) is 5.92 Å². The van der Waals surface area contributed by atoms with E-state index in [0.29, 0.717) is 18.8 Å². The van der Waals surface area contributed by atoms with Crippen LogP contribution in [-0.4, -0.2) is 35.7 Å². The van der Waals surface area contributed by atoms with Crippen LogP contribution in [0.3, 0.4) is 0 Å². The molecule has 1 aromatic heterocycles. The molecule has 0 bridgehead atoms. The van der Waals surface area contributed by atoms with Gasteiger partial charge in [0.25, 0.3) is 0 Å². The summed E-state index contributed by atoms with van der Waals surface area (Å²) in [5.74, 6) is 0.0459. The van der Waals surface area contributed by atoms with Gasteiger partial charge in [0.15, 0.2) is 0 Å². The summed E-state index contributed by atoms with van der Waals surface area (Å²) < 4.78 is 37.1. The van der Waals surface area contributed by atoms with Crippen molar-refractivity contribution in [3.63, 3.8) is 0 Å². The number of nitrogens with zero attached hydrogens (tertiary/aromatic N) is 2. The highest BCUT2D eigenvalue weighted by molar-refractivity contribution is 5.38. The summed E-state index contributed by atoms with van der Waals surface area (Å²) in [7, 11) is 0. The zero-order chi connectivity index (χ0) is 13.2. The summed E-state index contributed by atoms with van der Waals surface area (Å²) in [5.41, 5.74) is 7.07. The molecule has 1 saturated heterocycles. The van der Waals surface area contributed by atoms with E-state index in [0.717, 1.165) is 18.5 Å². The number of hydrogen-bond donors (Lipinski definition) is 1. The Morgan fingerprint density at radius 2 is 2.22 bits per heavy atom. The molecule has 1 unspecified atom stereocenters. The molecular formula is C12H16F3N3. The van der Waals surface area contributed by atoms with E-state index < -0.39 is 12.7 Å². The first-order valence-corrected chi connectivity index (χ1v) is 5.94. The van der Waals surface area contributed by atoms with Crippen LogP contribution in [0.1, 0.15) is 24.5 Å². The largest absolute Gasteiger partial charge is 0.401 e. The Morgan fingerprint density at radius 1 is 1.44 bits per heavy atom. The Balaban J connectivity index is 2.02. The number of likely N-dealkylation sites (tertiary alicyclic amines) is 1.